The van der Waals surface area contributed by atoms with Gasteiger partial charge in [0.25, 0.3) is 5.91 Å². The van der Waals surface area contributed by atoms with E-state index in [1.807, 2.05) is 37.3 Å². The fourth-order valence-corrected chi connectivity index (χ4v) is 2.12. The molecule has 2 rings (SSSR count). The highest BCUT2D eigenvalue weighted by atomic mass is 16.5. The molecule has 1 amide bonds. The van der Waals surface area contributed by atoms with Crippen LogP contribution in [-0.2, 0) is 16.1 Å². The van der Waals surface area contributed by atoms with Crippen LogP contribution in [0.3, 0.4) is 0 Å². The van der Waals surface area contributed by atoms with Gasteiger partial charge in [-0.25, -0.2) is 4.79 Å². The average molecular weight is 343 g/mol. The van der Waals surface area contributed by atoms with Gasteiger partial charge in [-0.3, -0.25) is 4.79 Å². The lowest BCUT2D eigenvalue weighted by Crippen LogP contribution is -2.44. The van der Waals surface area contributed by atoms with Crippen LogP contribution in [0.4, 0.5) is 0 Å². The van der Waals surface area contributed by atoms with Gasteiger partial charge < -0.3 is 19.9 Å². The number of benzene rings is 2. The molecule has 0 spiro atoms. The van der Waals surface area contributed by atoms with E-state index in [2.05, 4.69) is 5.32 Å². The number of amides is 1. The van der Waals surface area contributed by atoms with Crippen LogP contribution in [-0.4, -0.2) is 36.2 Å². The minimum absolute atomic E-state index is 0.0785. The Morgan fingerprint density at radius 1 is 1.08 bits per heavy atom. The number of ether oxygens (including phenoxy) is 2. The second-order valence-corrected chi connectivity index (χ2v) is 5.26. The summed E-state index contributed by atoms with van der Waals surface area (Å²) >= 11 is 0. The van der Waals surface area contributed by atoms with E-state index in [1.54, 1.807) is 24.3 Å². The van der Waals surface area contributed by atoms with E-state index in [0.717, 1.165) is 5.56 Å². The fourth-order valence-electron chi connectivity index (χ4n) is 2.12. The van der Waals surface area contributed by atoms with Crippen molar-refractivity contribution in [2.75, 3.05) is 13.2 Å². The molecule has 1 atom stereocenters. The number of aliphatic hydroxyl groups is 1. The van der Waals surface area contributed by atoms with Crippen LogP contribution < -0.4 is 10.1 Å². The van der Waals surface area contributed by atoms with Crippen LogP contribution >= 0.6 is 0 Å². The Kier molecular flexibility index (Phi) is 6.98. The van der Waals surface area contributed by atoms with Gasteiger partial charge in [0, 0.05) is 5.56 Å². The van der Waals surface area contributed by atoms with E-state index in [1.165, 1.54) is 0 Å². The van der Waals surface area contributed by atoms with Gasteiger partial charge in [0.05, 0.1) is 13.2 Å². The number of carbonyl (C=O) groups is 2. The summed E-state index contributed by atoms with van der Waals surface area (Å²) < 4.78 is 10.4. The lowest BCUT2D eigenvalue weighted by molar-refractivity contribution is -0.148. The van der Waals surface area contributed by atoms with Crippen molar-refractivity contribution in [3.05, 3.63) is 65.7 Å². The minimum atomic E-state index is -1.12. The van der Waals surface area contributed by atoms with Crippen molar-refractivity contribution >= 4 is 11.9 Å². The third kappa shape index (κ3) is 5.61. The van der Waals surface area contributed by atoms with E-state index >= 15 is 0 Å². The first-order valence-corrected chi connectivity index (χ1v) is 7.99. The Bertz CT molecular complexity index is 685. The van der Waals surface area contributed by atoms with E-state index < -0.39 is 24.5 Å². The third-order valence-electron chi connectivity index (χ3n) is 3.42. The Labute approximate surface area is 146 Å². The molecule has 0 bridgehead atoms. The number of hydrogen-bond donors (Lipinski definition) is 2. The minimum Gasteiger partial charge on any atom is -0.494 e. The summed E-state index contributed by atoms with van der Waals surface area (Å²) in [7, 11) is 0. The third-order valence-corrected chi connectivity index (χ3v) is 3.42. The van der Waals surface area contributed by atoms with Gasteiger partial charge in [-0.15, -0.1) is 0 Å². The highest BCUT2D eigenvalue weighted by Gasteiger charge is 2.22. The van der Waals surface area contributed by atoms with Crippen molar-refractivity contribution in [2.45, 2.75) is 19.6 Å². The molecule has 0 aromatic heterocycles. The normalized spacial score (nSPS) is 11.4. The van der Waals surface area contributed by atoms with Gasteiger partial charge in [0.2, 0.25) is 0 Å². The summed E-state index contributed by atoms with van der Waals surface area (Å²) in [5, 5.41) is 11.8. The summed E-state index contributed by atoms with van der Waals surface area (Å²) in [6.07, 6.45) is 0. The summed E-state index contributed by atoms with van der Waals surface area (Å²) in [6, 6.07) is 14.6. The zero-order valence-corrected chi connectivity index (χ0v) is 14.0. The van der Waals surface area contributed by atoms with Crippen LogP contribution in [0.25, 0.3) is 0 Å². The van der Waals surface area contributed by atoms with Crippen LogP contribution in [0, 0.1) is 0 Å². The Balaban J connectivity index is 1.91. The summed E-state index contributed by atoms with van der Waals surface area (Å²) in [5.41, 5.74) is 1.18. The second kappa shape index (κ2) is 9.44. The van der Waals surface area contributed by atoms with Crippen molar-refractivity contribution in [2.24, 2.45) is 0 Å². The SMILES string of the molecule is CCOc1ccc(C(=O)N[C@@H](CO)C(=O)OCc2ccccc2)cc1. The quantitative estimate of drug-likeness (QED) is 0.715. The van der Waals surface area contributed by atoms with Crippen molar-refractivity contribution in [3.8, 4) is 5.75 Å². The number of aliphatic hydroxyl groups excluding tert-OH is 1. The molecule has 6 heteroatoms. The lowest BCUT2D eigenvalue weighted by Gasteiger charge is -2.15. The summed E-state index contributed by atoms with van der Waals surface area (Å²) in [4.78, 5) is 24.2. The molecular weight excluding hydrogens is 322 g/mol. The zero-order valence-electron chi connectivity index (χ0n) is 14.0. The molecule has 2 N–H and O–H groups in total. The molecule has 2 aromatic rings. The van der Waals surface area contributed by atoms with E-state index in [4.69, 9.17) is 9.47 Å². The van der Waals surface area contributed by atoms with Crippen molar-refractivity contribution in [1.82, 2.24) is 5.32 Å². The molecule has 0 fully saturated rings. The maximum atomic E-state index is 12.2. The van der Waals surface area contributed by atoms with Crippen LogP contribution in [0.15, 0.2) is 54.6 Å². The standard InChI is InChI=1S/C19H21NO5/c1-2-24-16-10-8-15(9-11-16)18(22)20-17(12-21)19(23)25-13-14-6-4-3-5-7-14/h3-11,17,21H,2,12-13H2,1H3,(H,20,22)/t17-/m0/s1. The number of carbonyl (C=O) groups excluding carboxylic acids is 2. The van der Waals surface area contributed by atoms with Gasteiger partial charge in [-0.2, -0.15) is 0 Å². The molecule has 0 aliphatic rings. The van der Waals surface area contributed by atoms with Gasteiger partial charge in [-0.05, 0) is 36.8 Å². The van der Waals surface area contributed by atoms with Crippen LogP contribution in [0.1, 0.15) is 22.8 Å². The number of nitrogens with one attached hydrogen (secondary N) is 1. The first-order chi connectivity index (χ1) is 12.1. The van der Waals surface area contributed by atoms with E-state index in [-0.39, 0.29) is 6.61 Å². The van der Waals surface area contributed by atoms with Gasteiger partial charge in [-0.1, -0.05) is 30.3 Å². The lowest BCUT2D eigenvalue weighted by atomic mass is 10.2. The molecule has 132 valence electrons. The monoisotopic (exact) mass is 343 g/mol. The number of hydrogen-bond acceptors (Lipinski definition) is 5. The molecule has 25 heavy (non-hydrogen) atoms. The predicted octanol–water partition coefficient (Wildman–Crippen LogP) is 1.92. The Morgan fingerprint density at radius 3 is 2.36 bits per heavy atom. The van der Waals surface area contributed by atoms with E-state index in [0.29, 0.717) is 17.9 Å². The molecule has 0 aliphatic carbocycles. The zero-order chi connectivity index (χ0) is 18.1. The van der Waals surface area contributed by atoms with Gasteiger partial charge in [0.1, 0.15) is 12.4 Å². The highest BCUT2D eigenvalue weighted by molar-refractivity contribution is 5.96. The van der Waals surface area contributed by atoms with Gasteiger partial charge in [0.15, 0.2) is 6.04 Å². The molecule has 2 aromatic carbocycles. The maximum absolute atomic E-state index is 12.2. The maximum Gasteiger partial charge on any atom is 0.331 e. The second-order valence-electron chi connectivity index (χ2n) is 5.26. The topological polar surface area (TPSA) is 84.9 Å². The van der Waals surface area contributed by atoms with Crippen LogP contribution in [0.5, 0.6) is 5.75 Å². The molecule has 0 radical (unpaired) electrons. The molecule has 0 unspecified atom stereocenters. The molecule has 6 nitrogen and oxygen atoms in total. The van der Waals surface area contributed by atoms with Crippen molar-refractivity contribution < 1.29 is 24.2 Å². The van der Waals surface area contributed by atoms with Crippen molar-refractivity contribution in [1.29, 1.82) is 0 Å². The molecule has 0 heterocycles. The number of esters is 1. The Hall–Kier alpha value is -2.86. The first-order valence-electron chi connectivity index (χ1n) is 7.99. The van der Waals surface area contributed by atoms with Crippen molar-refractivity contribution in [3.63, 3.8) is 0 Å². The smallest absolute Gasteiger partial charge is 0.331 e. The van der Waals surface area contributed by atoms with Crippen LogP contribution in [0.2, 0.25) is 0 Å². The first kappa shape index (κ1) is 18.5. The fraction of sp³-hybridized carbons (Fsp3) is 0.263. The summed E-state index contributed by atoms with van der Waals surface area (Å²) in [5.74, 6) is -0.510. The van der Waals surface area contributed by atoms with Gasteiger partial charge >= 0.3 is 5.97 Å². The predicted molar refractivity (Wildman–Crippen MR) is 92.2 cm³/mol. The van der Waals surface area contributed by atoms with E-state index in [9.17, 15) is 14.7 Å². The Morgan fingerprint density at radius 2 is 1.76 bits per heavy atom. The number of rotatable bonds is 8. The molecule has 0 saturated heterocycles. The average Bonchev–Trinajstić information content (AvgIpc) is 2.65. The largest absolute Gasteiger partial charge is 0.494 e. The summed E-state index contributed by atoms with van der Waals surface area (Å²) in [6.45, 7) is 1.93. The highest BCUT2D eigenvalue weighted by Crippen LogP contribution is 2.12. The molecule has 0 saturated carbocycles. The molecule has 0 aliphatic heterocycles. The molecular formula is C19H21NO5.